The van der Waals surface area contributed by atoms with E-state index in [2.05, 4.69) is 30.2 Å². The van der Waals surface area contributed by atoms with Crippen LogP contribution in [0.1, 0.15) is 51.1 Å². The summed E-state index contributed by atoms with van der Waals surface area (Å²) in [4.78, 5) is 4.42. The molecule has 1 aliphatic rings. The van der Waals surface area contributed by atoms with E-state index in [0.717, 1.165) is 31.7 Å². The summed E-state index contributed by atoms with van der Waals surface area (Å²) in [5.41, 5.74) is 1.19. The van der Waals surface area contributed by atoms with Gasteiger partial charge in [-0.15, -0.1) is 0 Å². The van der Waals surface area contributed by atoms with Crippen molar-refractivity contribution in [3.05, 3.63) is 23.9 Å². The number of ether oxygens (including phenoxy) is 2. The fourth-order valence-electron chi connectivity index (χ4n) is 2.74. The molecule has 112 valence electrons. The maximum atomic E-state index is 5.97. The molecule has 0 radical (unpaired) electrons. The van der Waals surface area contributed by atoms with Gasteiger partial charge in [-0.05, 0) is 38.3 Å². The van der Waals surface area contributed by atoms with Crippen molar-refractivity contribution in [1.82, 2.24) is 10.3 Å². The monoisotopic (exact) mass is 278 g/mol. The second-order valence-corrected chi connectivity index (χ2v) is 5.47. The number of hydrogen-bond donors (Lipinski definition) is 1. The van der Waals surface area contributed by atoms with Gasteiger partial charge in [0.15, 0.2) is 0 Å². The Morgan fingerprint density at radius 2 is 2.15 bits per heavy atom. The highest BCUT2D eigenvalue weighted by Crippen LogP contribution is 2.24. The van der Waals surface area contributed by atoms with Crippen molar-refractivity contribution in [1.29, 1.82) is 0 Å². The molecule has 0 spiro atoms. The van der Waals surface area contributed by atoms with Crippen LogP contribution in [-0.2, 0) is 4.74 Å². The molecule has 1 heterocycles. The molecule has 4 heteroatoms. The average Bonchev–Trinajstić information content (AvgIpc) is 2.48. The smallest absolute Gasteiger partial charge is 0.213 e. The van der Waals surface area contributed by atoms with Gasteiger partial charge in [-0.3, -0.25) is 0 Å². The highest BCUT2D eigenvalue weighted by Gasteiger charge is 2.23. The molecular formula is C16H26N2O2. The van der Waals surface area contributed by atoms with Gasteiger partial charge in [-0.2, -0.15) is 0 Å². The Kier molecular flexibility index (Phi) is 5.80. The molecule has 0 aromatic carbocycles. The van der Waals surface area contributed by atoms with E-state index in [9.17, 15) is 0 Å². The van der Waals surface area contributed by atoms with Crippen molar-refractivity contribution in [2.45, 2.75) is 57.8 Å². The van der Waals surface area contributed by atoms with Crippen LogP contribution in [0.15, 0.2) is 18.3 Å². The topological polar surface area (TPSA) is 43.4 Å². The normalized spacial score (nSPS) is 24.4. The standard InChI is InChI=1S/C16H26N2O2/c1-4-17-12(2)13-8-9-16(18-11-13)20-15-7-5-6-14(10-15)19-3/h8-9,11-12,14-15,17H,4-7,10H2,1-3H3. The Labute approximate surface area is 121 Å². The van der Waals surface area contributed by atoms with Crippen LogP contribution in [-0.4, -0.2) is 30.8 Å². The third-order valence-corrected chi connectivity index (χ3v) is 3.97. The lowest BCUT2D eigenvalue weighted by atomic mass is 9.95. The van der Waals surface area contributed by atoms with Crippen LogP contribution in [0, 0.1) is 0 Å². The van der Waals surface area contributed by atoms with E-state index in [1.54, 1.807) is 7.11 Å². The third-order valence-electron chi connectivity index (χ3n) is 3.97. The second-order valence-electron chi connectivity index (χ2n) is 5.47. The Morgan fingerprint density at radius 3 is 2.80 bits per heavy atom. The van der Waals surface area contributed by atoms with Crippen LogP contribution in [0.3, 0.4) is 0 Å². The number of nitrogens with zero attached hydrogens (tertiary/aromatic N) is 1. The highest BCUT2D eigenvalue weighted by atomic mass is 16.5. The quantitative estimate of drug-likeness (QED) is 0.868. The summed E-state index contributed by atoms with van der Waals surface area (Å²) in [6.07, 6.45) is 6.84. The van der Waals surface area contributed by atoms with Crippen molar-refractivity contribution >= 4 is 0 Å². The second kappa shape index (κ2) is 7.60. The molecule has 1 saturated carbocycles. The zero-order valence-electron chi connectivity index (χ0n) is 12.8. The fraction of sp³-hybridized carbons (Fsp3) is 0.688. The molecule has 20 heavy (non-hydrogen) atoms. The van der Waals surface area contributed by atoms with E-state index in [-0.39, 0.29) is 6.10 Å². The molecule has 1 aliphatic carbocycles. The predicted octanol–water partition coefficient (Wildman–Crippen LogP) is 3.09. The van der Waals surface area contributed by atoms with E-state index >= 15 is 0 Å². The largest absolute Gasteiger partial charge is 0.474 e. The van der Waals surface area contributed by atoms with Gasteiger partial charge in [0, 0.05) is 31.8 Å². The van der Waals surface area contributed by atoms with E-state index < -0.39 is 0 Å². The summed E-state index contributed by atoms with van der Waals surface area (Å²) < 4.78 is 11.4. The van der Waals surface area contributed by atoms with Crippen molar-refractivity contribution in [3.63, 3.8) is 0 Å². The van der Waals surface area contributed by atoms with Gasteiger partial charge in [0.2, 0.25) is 5.88 Å². The fourth-order valence-corrected chi connectivity index (χ4v) is 2.74. The molecule has 1 aromatic rings. The number of hydrogen-bond acceptors (Lipinski definition) is 4. The van der Waals surface area contributed by atoms with E-state index in [1.165, 1.54) is 12.0 Å². The van der Waals surface area contributed by atoms with Crippen LogP contribution < -0.4 is 10.1 Å². The number of rotatable bonds is 6. The molecule has 4 nitrogen and oxygen atoms in total. The zero-order chi connectivity index (χ0) is 14.4. The molecule has 0 aliphatic heterocycles. The van der Waals surface area contributed by atoms with Gasteiger partial charge in [-0.25, -0.2) is 4.98 Å². The molecule has 1 aromatic heterocycles. The van der Waals surface area contributed by atoms with Crippen LogP contribution in [0.25, 0.3) is 0 Å². The summed E-state index contributed by atoms with van der Waals surface area (Å²) in [5, 5.41) is 3.38. The molecular weight excluding hydrogens is 252 g/mol. The van der Waals surface area contributed by atoms with Gasteiger partial charge in [0.25, 0.3) is 0 Å². The van der Waals surface area contributed by atoms with Crippen molar-refractivity contribution in [2.24, 2.45) is 0 Å². The van der Waals surface area contributed by atoms with E-state index in [0.29, 0.717) is 12.1 Å². The molecule has 0 amide bonds. The number of aromatic nitrogens is 1. The Morgan fingerprint density at radius 1 is 1.35 bits per heavy atom. The van der Waals surface area contributed by atoms with Gasteiger partial charge in [0.05, 0.1) is 6.10 Å². The molecule has 1 N–H and O–H groups in total. The Balaban J connectivity index is 1.90. The van der Waals surface area contributed by atoms with Crippen molar-refractivity contribution in [2.75, 3.05) is 13.7 Å². The van der Waals surface area contributed by atoms with Crippen LogP contribution in [0.4, 0.5) is 0 Å². The van der Waals surface area contributed by atoms with Gasteiger partial charge in [-0.1, -0.05) is 13.0 Å². The summed E-state index contributed by atoms with van der Waals surface area (Å²) in [5.74, 6) is 0.721. The first-order valence-electron chi connectivity index (χ1n) is 7.61. The van der Waals surface area contributed by atoms with E-state index in [1.807, 2.05) is 12.3 Å². The summed E-state index contributed by atoms with van der Waals surface area (Å²) >= 11 is 0. The summed E-state index contributed by atoms with van der Waals surface area (Å²) in [6.45, 7) is 5.21. The van der Waals surface area contributed by atoms with E-state index in [4.69, 9.17) is 9.47 Å². The van der Waals surface area contributed by atoms with Crippen LogP contribution >= 0.6 is 0 Å². The maximum absolute atomic E-state index is 5.97. The Bertz CT molecular complexity index is 394. The predicted molar refractivity (Wildman–Crippen MR) is 80.0 cm³/mol. The van der Waals surface area contributed by atoms with Crippen molar-refractivity contribution < 1.29 is 9.47 Å². The first kappa shape index (κ1) is 15.3. The number of pyridine rings is 1. The van der Waals surface area contributed by atoms with Crippen LogP contribution in [0.5, 0.6) is 5.88 Å². The minimum Gasteiger partial charge on any atom is -0.474 e. The third kappa shape index (κ3) is 4.18. The first-order chi connectivity index (χ1) is 9.72. The SMILES string of the molecule is CCNC(C)c1ccc(OC2CCCC(OC)C2)nc1. The summed E-state index contributed by atoms with van der Waals surface area (Å²) in [6, 6.07) is 4.39. The Hall–Kier alpha value is -1.13. The highest BCUT2D eigenvalue weighted by molar-refractivity contribution is 5.20. The van der Waals surface area contributed by atoms with Gasteiger partial charge >= 0.3 is 0 Å². The zero-order valence-corrected chi connectivity index (χ0v) is 12.8. The molecule has 0 bridgehead atoms. The minimum absolute atomic E-state index is 0.234. The maximum Gasteiger partial charge on any atom is 0.213 e. The van der Waals surface area contributed by atoms with Gasteiger partial charge < -0.3 is 14.8 Å². The lowest BCUT2D eigenvalue weighted by Gasteiger charge is -2.28. The average molecular weight is 278 g/mol. The summed E-state index contributed by atoms with van der Waals surface area (Å²) in [7, 11) is 1.78. The number of nitrogens with one attached hydrogen (secondary N) is 1. The lowest BCUT2D eigenvalue weighted by molar-refractivity contribution is 0.0195. The lowest BCUT2D eigenvalue weighted by Crippen LogP contribution is -2.29. The molecule has 1 fully saturated rings. The molecule has 2 rings (SSSR count). The minimum atomic E-state index is 0.234. The molecule has 3 atom stereocenters. The first-order valence-corrected chi connectivity index (χ1v) is 7.61. The van der Waals surface area contributed by atoms with Crippen LogP contribution in [0.2, 0.25) is 0 Å². The molecule has 3 unspecified atom stereocenters. The van der Waals surface area contributed by atoms with Crippen molar-refractivity contribution in [3.8, 4) is 5.88 Å². The number of methoxy groups -OCH3 is 1. The molecule has 0 saturated heterocycles. The van der Waals surface area contributed by atoms with Gasteiger partial charge in [0.1, 0.15) is 6.10 Å².